The molecule has 7 nitrogen and oxygen atoms in total. The van der Waals surface area contributed by atoms with E-state index in [2.05, 4.69) is 12.2 Å². The summed E-state index contributed by atoms with van der Waals surface area (Å²) >= 11 is 0. The Labute approximate surface area is 163 Å². The van der Waals surface area contributed by atoms with Crippen LogP contribution in [-0.4, -0.2) is 48.3 Å². The Morgan fingerprint density at radius 3 is 1.96 bits per heavy atom. The minimum atomic E-state index is -1.08. The molecule has 7 heteroatoms. The van der Waals surface area contributed by atoms with Gasteiger partial charge in [-0.15, -0.1) is 0 Å². The number of nitrogens with one attached hydrogen (secondary N) is 1. The first-order chi connectivity index (χ1) is 12.9. The van der Waals surface area contributed by atoms with Crippen molar-refractivity contribution in [3.63, 3.8) is 0 Å². The van der Waals surface area contributed by atoms with Gasteiger partial charge in [0.2, 0.25) is 5.91 Å². The summed E-state index contributed by atoms with van der Waals surface area (Å²) in [7, 11) is 0. The number of hydrogen-bond donors (Lipinski definition) is 2. The van der Waals surface area contributed by atoms with Crippen LogP contribution in [0.25, 0.3) is 0 Å². The maximum atomic E-state index is 11.6. The summed E-state index contributed by atoms with van der Waals surface area (Å²) in [6.45, 7) is 4.50. The standard InChI is InChI=1S/C20H37NO6/c1-4-5-6-7-8-9-10-11-12-13-19(24)26-14-18(23)15-27-20(25)16(2)21-17(3)22/h16,18,23H,4-15H2,1-3H3,(H,21,22)/t16-,18?/m1/s1. The molecule has 0 aliphatic rings. The molecule has 0 aromatic heterocycles. The average molecular weight is 388 g/mol. The summed E-state index contributed by atoms with van der Waals surface area (Å²) in [6, 6.07) is -0.788. The smallest absolute Gasteiger partial charge is 0.328 e. The molecule has 0 aliphatic heterocycles. The molecule has 27 heavy (non-hydrogen) atoms. The Morgan fingerprint density at radius 2 is 1.41 bits per heavy atom. The highest BCUT2D eigenvalue weighted by Gasteiger charge is 2.17. The van der Waals surface area contributed by atoms with E-state index in [9.17, 15) is 19.5 Å². The van der Waals surface area contributed by atoms with Crippen molar-refractivity contribution < 1.29 is 29.0 Å². The van der Waals surface area contributed by atoms with Crippen molar-refractivity contribution in [1.29, 1.82) is 0 Å². The van der Waals surface area contributed by atoms with Gasteiger partial charge in [-0.2, -0.15) is 0 Å². The van der Waals surface area contributed by atoms with Crippen molar-refractivity contribution in [2.45, 2.75) is 97.1 Å². The predicted molar refractivity (Wildman–Crippen MR) is 103 cm³/mol. The van der Waals surface area contributed by atoms with Gasteiger partial charge in [0.1, 0.15) is 25.4 Å². The van der Waals surface area contributed by atoms with Gasteiger partial charge in [0.15, 0.2) is 0 Å². The van der Waals surface area contributed by atoms with E-state index in [-0.39, 0.29) is 25.1 Å². The van der Waals surface area contributed by atoms with Crippen LogP contribution in [0.3, 0.4) is 0 Å². The van der Waals surface area contributed by atoms with Gasteiger partial charge in [-0.3, -0.25) is 9.59 Å². The summed E-state index contributed by atoms with van der Waals surface area (Å²) in [4.78, 5) is 34.0. The molecule has 0 radical (unpaired) electrons. The molecule has 0 aliphatic carbocycles. The van der Waals surface area contributed by atoms with Crippen molar-refractivity contribution in [2.24, 2.45) is 0 Å². The zero-order valence-corrected chi connectivity index (χ0v) is 17.1. The van der Waals surface area contributed by atoms with E-state index in [4.69, 9.17) is 9.47 Å². The summed E-state index contributed by atoms with van der Waals surface area (Å²) in [5.41, 5.74) is 0. The maximum Gasteiger partial charge on any atom is 0.328 e. The van der Waals surface area contributed by atoms with Gasteiger partial charge in [0.25, 0.3) is 0 Å². The molecule has 0 aromatic carbocycles. The number of hydrogen-bond acceptors (Lipinski definition) is 6. The highest BCUT2D eigenvalue weighted by molar-refractivity contribution is 5.82. The van der Waals surface area contributed by atoms with Crippen LogP contribution in [0.15, 0.2) is 0 Å². The molecule has 158 valence electrons. The lowest BCUT2D eigenvalue weighted by molar-refractivity contribution is -0.154. The molecule has 2 N–H and O–H groups in total. The number of ether oxygens (including phenoxy) is 2. The fourth-order valence-corrected chi connectivity index (χ4v) is 2.56. The van der Waals surface area contributed by atoms with E-state index in [1.165, 1.54) is 52.4 Å². The van der Waals surface area contributed by atoms with Gasteiger partial charge >= 0.3 is 11.9 Å². The van der Waals surface area contributed by atoms with Crippen LogP contribution < -0.4 is 5.32 Å². The summed E-state index contributed by atoms with van der Waals surface area (Å²) < 4.78 is 9.85. The van der Waals surface area contributed by atoms with Gasteiger partial charge in [-0.1, -0.05) is 58.3 Å². The Balaban J connectivity index is 3.60. The summed E-state index contributed by atoms with van der Waals surface area (Å²) in [5.74, 6) is -1.34. The van der Waals surface area contributed by atoms with Gasteiger partial charge in [0.05, 0.1) is 0 Å². The van der Waals surface area contributed by atoms with Crippen LogP contribution in [0.4, 0.5) is 0 Å². The minimum absolute atomic E-state index is 0.210. The van der Waals surface area contributed by atoms with Crippen molar-refractivity contribution in [1.82, 2.24) is 5.32 Å². The highest BCUT2D eigenvalue weighted by atomic mass is 16.6. The molecule has 0 aromatic rings. The quantitative estimate of drug-likeness (QED) is 0.312. The van der Waals surface area contributed by atoms with E-state index in [0.717, 1.165) is 19.3 Å². The fourth-order valence-electron chi connectivity index (χ4n) is 2.56. The molecule has 1 unspecified atom stereocenters. The molecule has 0 heterocycles. The molecule has 0 spiro atoms. The van der Waals surface area contributed by atoms with Gasteiger partial charge < -0.3 is 19.9 Å². The molecule has 0 bridgehead atoms. The monoisotopic (exact) mass is 387 g/mol. The van der Waals surface area contributed by atoms with E-state index < -0.39 is 18.1 Å². The minimum Gasteiger partial charge on any atom is -0.463 e. The lowest BCUT2D eigenvalue weighted by Crippen LogP contribution is -2.39. The number of carbonyl (C=O) groups excluding carboxylic acids is 3. The van der Waals surface area contributed by atoms with Crippen LogP contribution >= 0.6 is 0 Å². The number of aliphatic hydroxyl groups excluding tert-OH is 1. The first kappa shape index (κ1) is 25.4. The number of amides is 1. The van der Waals surface area contributed by atoms with Crippen LogP contribution in [0.5, 0.6) is 0 Å². The fraction of sp³-hybridized carbons (Fsp3) is 0.850. The first-order valence-electron chi connectivity index (χ1n) is 10.1. The molecule has 0 saturated heterocycles. The third-order valence-electron chi connectivity index (χ3n) is 4.11. The zero-order chi connectivity index (χ0) is 20.5. The van der Waals surface area contributed by atoms with Crippen molar-refractivity contribution >= 4 is 17.8 Å². The Morgan fingerprint density at radius 1 is 0.889 bits per heavy atom. The summed E-state index contributed by atoms with van der Waals surface area (Å²) in [6.07, 6.45) is 9.82. The van der Waals surface area contributed by atoms with Gasteiger partial charge in [-0.05, 0) is 13.3 Å². The lowest BCUT2D eigenvalue weighted by atomic mass is 10.1. The second-order valence-corrected chi connectivity index (χ2v) is 6.97. The third kappa shape index (κ3) is 16.3. The first-order valence-corrected chi connectivity index (χ1v) is 10.1. The van der Waals surface area contributed by atoms with Gasteiger partial charge in [-0.25, -0.2) is 4.79 Å². The molecular weight excluding hydrogens is 350 g/mol. The Kier molecular flexibility index (Phi) is 15.5. The normalized spacial score (nSPS) is 12.9. The van der Waals surface area contributed by atoms with E-state index in [1.54, 1.807) is 0 Å². The van der Waals surface area contributed by atoms with Crippen LogP contribution in [0.2, 0.25) is 0 Å². The summed E-state index contributed by atoms with van der Waals surface area (Å²) in [5, 5.41) is 12.1. The number of esters is 2. The number of carbonyl (C=O) groups is 3. The van der Waals surface area contributed by atoms with E-state index in [1.807, 2.05) is 0 Å². The third-order valence-corrected chi connectivity index (χ3v) is 4.11. The molecule has 0 fully saturated rings. The average Bonchev–Trinajstić information content (AvgIpc) is 2.62. The van der Waals surface area contributed by atoms with Crippen molar-refractivity contribution in [3.8, 4) is 0 Å². The predicted octanol–water partition coefficient (Wildman–Crippen LogP) is 2.88. The number of unbranched alkanes of at least 4 members (excludes halogenated alkanes) is 8. The van der Waals surface area contributed by atoms with Crippen molar-refractivity contribution in [3.05, 3.63) is 0 Å². The number of aliphatic hydroxyl groups is 1. The Bertz CT molecular complexity index is 427. The second-order valence-electron chi connectivity index (χ2n) is 6.97. The van der Waals surface area contributed by atoms with Crippen LogP contribution in [0, 0.1) is 0 Å². The topological polar surface area (TPSA) is 102 Å². The van der Waals surface area contributed by atoms with Crippen LogP contribution in [-0.2, 0) is 23.9 Å². The molecule has 2 atom stereocenters. The van der Waals surface area contributed by atoms with Crippen LogP contribution in [0.1, 0.15) is 85.0 Å². The Hall–Kier alpha value is -1.63. The van der Waals surface area contributed by atoms with Crippen molar-refractivity contribution in [2.75, 3.05) is 13.2 Å². The maximum absolute atomic E-state index is 11.6. The largest absolute Gasteiger partial charge is 0.463 e. The molecular formula is C20H37NO6. The SMILES string of the molecule is CCCCCCCCCCCC(=O)OCC(O)COC(=O)[C@@H](C)NC(C)=O. The van der Waals surface area contributed by atoms with E-state index >= 15 is 0 Å². The molecule has 0 saturated carbocycles. The zero-order valence-electron chi connectivity index (χ0n) is 17.1. The van der Waals surface area contributed by atoms with E-state index in [0.29, 0.717) is 6.42 Å². The molecule has 0 rings (SSSR count). The van der Waals surface area contributed by atoms with Gasteiger partial charge in [0, 0.05) is 13.3 Å². The second kappa shape index (κ2) is 16.5. The number of rotatable bonds is 16. The lowest BCUT2D eigenvalue weighted by Gasteiger charge is -2.15. The highest BCUT2D eigenvalue weighted by Crippen LogP contribution is 2.10. The molecule has 1 amide bonds.